The van der Waals surface area contributed by atoms with Crippen LogP contribution in [0.15, 0.2) is 24.3 Å². The molecular weight excluding hydrogens is 238 g/mol. The first-order valence-corrected chi connectivity index (χ1v) is 6.98. The van der Waals surface area contributed by atoms with E-state index in [1.807, 2.05) is 36.1 Å². The zero-order valence-electron chi connectivity index (χ0n) is 11.7. The van der Waals surface area contributed by atoms with Crippen molar-refractivity contribution in [2.45, 2.75) is 32.7 Å². The van der Waals surface area contributed by atoms with Crippen LogP contribution in [0.3, 0.4) is 0 Å². The van der Waals surface area contributed by atoms with Crippen molar-refractivity contribution in [2.75, 3.05) is 18.4 Å². The van der Waals surface area contributed by atoms with Crippen molar-refractivity contribution in [3.05, 3.63) is 29.8 Å². The van der Waals surface area contributed by atoms with Crippen molar-refractivity contribution in [3.63, 3.8) is 0 Å². The molecule has 1 saturated heterocycles. The van der Waals surface area contributed by atoms with Crippen molar-refractivity contribution in [2.24, 2.45) is 11.7 Å². The van der Waals surface area contributed by atoms with E-state index >= 15 is 0 Å². The molecule has 2 unspecified atom stereocenters. The Labute approximate surface area is 115 Å². The Hall–Kier alpha value is -1.55. The summed E-state index contributed by atoms with van der Waals surface area (Å²) in [5.41, 5.74) is 8.06. The van der Waals surface area contributed by atoms with Crippen molar-refractivity contribution in [1.82, 2.24) is 4.90 Å². The molecule has 0 aliphatic carbocycles. The molecule has 2 amide bonds. The average molecular weight is 261 g/mol. The monoisotopic (exact) mass is 261 g/mol. The summed E-state index contributed by atoms with van der Waals surface area (Å²) in [6.45, 7) is 5.65. The second-order valence-corrected chi connectivity index (χ2v) is 5.37. The largest absolute Gasteiger partial charge is 0.327 e. The summed E-state index contributed by atoms with van der Waals surface area (Å²) in [5, 5.41) is 2.96. The highest BCUT2D eigenvalue weighted by Gasteiger charge is 2.27. The van der Waals surface area contributed by atoms with Gasteiger partial charge in [0.15, 0.2) is 0 Å². The van der Waals surface area contributed by atoms with Crippen LogP contribution in [-0.4, -0.2) is 30.1 Å². The number of rotatable bonds is 2. The predicted octanol–water partition coefficient (Wildman–Crippen LogP) is 2.59. The van der Waals surface area contributed by atoms with Crippen LogP contribution in [0.4, 0.5) is 10.5 Å². The van der Waals surface area contributed by atoms with Crippen LogP contribution in [0.25, 0.3) is 0 Å². The molecule has 0 bridgehead atoms. The third-order valence-corrected chi connectivity index (χ3v) is 3.87. The minimum atomic E-state index is -0.0176. The zero-order valence-corrected chi connectivity index (χ0v) is 11.7. The lowest BCUT2D eigenvalue weighted by molar-refractivity contribution is 0.164. The summed E-state index contributed by atoms with van der Waals surface area (Å²) in [5.74, 6) is 0.414. The molecule has 1 aromatic rings. The molecule has 1 aromatic carbocycles. The third-order valence-electron chi connectivity index (χ3n) is 3.87. The molecule has 2 rings (SSSR count). The molecule has 2 atom stereocenters. The second kappa shape index (κ2) is 6.06. The maximum Gasteiger partial charge on any atom is 0.321 e. The molecule has 1 fully saturated rings. The summed E-state index contributed by atoms with van der Waals surface area (Å²) in [6.07, 6.45) is 1.91. The fourth-order valence-electron chi connectivity index (χ4n) is 2.59. The van der Waals surface area contributed by atoms with E-state index in [-0.39, 0.29) is 12.1 Å². The van der Waals surface area contributed by atoms with Gasteiger partial charge in [0.2, 0.25) is 0 Å². The van der Waals surface area contributed by atoms with Crippen LogP contribution < -0.4 is 11.1 Å². The Bertz CT molecular complexity index is 447. The van der Waals surface area contributed by atoms with E-state index in [2.05, 4.69) is 12.2 Å². The number of benzene rings is 1. The van der Waals surface area contributed by atoms with Crippen LogP contribution in [0.2, 0.25) is 0 Å². The highest BCUT2D eigenvalue weighted by atomic mass is 16.2. The second-order valence-electron chi connectivity index (χ2n) is 5.37. The number of amides is 2. The minimum Gasteiger partial charge on any atom is -0.327 e. The number of nitrogens with two attached hydrogens (primary N) is 1. The van der Waals surface area contributed by atoms with Crippen LogP contribution in [-0.2, 0) is 0 Å². The molecule has 1 heterocycles. The Morgan fingerprint density at radius 3 is 3.00 bits per heavy atom. The molecule has 0 radical (unpaired) electrons. The fourth-order valence-corrected chi connectivity index (χ4v) is 2.59. The molecule has 1 aliphatic rings. The average Bonchev–Trinajstić information content (AvgIpc) is 2.39. The van der Waals surface area contributed by atoms with Gasteiger partial charge in [0, 0.05) is 24.8 Å². The van der Waals surface area contributed by atoms with Gasteiger partial charge in [-0.2, -0.15) is 0 Å². The summed E-state index contributed by atoms with van der Waals surface area (Å²) >= 11 is 0. The number of carbonyl (C=O) groups is 1. The molecule has 0 saturated carbocycles. The number of nitrogens with zero attached hydrogens (tertiary/aromatic N) is 1. The van der Waals surface area contributed by atoms with Gasteiger partial charge in [-0.25, -0.2) is 4.79 Å². The maximum atomic E-state index is 12.2. The lowest BCUT2D eigenvalue weighted by Gasteiger charge is -2.36. The summed E-state index contributed by atoms with van der Waals surface area (Å²) in [6, 6.07) is 8.07. The third kappa shape index (κ3) is 3.47. The van der Waals surface area contributed by atoms with E-state index < -0.39 is 0 Å². The van der Waals surface area contributed by atoms with E-state index in [0.29, 0.717) is 5.92 Å². The molecule has 0 spiro atoms. The predicted molar refractivity (Wildman–Crippen MR) is 78.1 cm³/mol. The van der Waals surface area contributed by atoms with Gasteiger partial charge in [0.05, 0.1) is 0 Å². The molecular formula is C15H23N3O. The van der Waals surface area contributed by atoms with E-state index in [9.17, 15) is 4.79 Å². The van der Waals surface area contributed by atoms with Crippen molar-refractivity contribution in [3.8, 4) is 0 Å². The molecule has 19 heavy (non-hydrogen) atoms. The topological polar surface area (TPSA) is 58.4 Å². The van der Waals surface area contributed by atoms with Gasteiger partial charge in [-0.15, -0.1) is 0 Å². The molecule has 104 valence electrons. The summed E-state index contributed by atoms with van der Waals surface area (Å²) in [7, 11) is 0. The smallest absolute Gasteiger partial charge is 0.321 e. The van der Waals surface area contributed by atoms with Gasteiger partial charge in [-0.1, -0.05) is 25.5 Å². The summed E-state index contributed by atoms with van der Waals surface area (Å²) in [4.78, 5) is 14.1. The number of carbonyl (C=O) groups excluding carboxylic acids is 1. The van der Waals surface area contributed by atoms with Crippen LogP contribution in [0.5, 0.6) is 0 Å². The SMILES string of the molecule is CCC1CN(C(=O)Nc2cccc(C)c2)CCC1N. The van der Waals surface area contributed by atoms with Crippen molar-refractivity contribution >= 4 is 11.7 Å². The van der Waals surface area contributed by atoms with Crippen molar-refractivity contribution in [1.29, 1.82) is 0 Å². The lowest BCUT2D eigenvalue weighted by atomic mass is 9.91. The fraction of sp³-hybridized carbons (Fsp3) is 0.533. The molecule has 4 nitrogen and oxygen atoms in total. The number of likely N-dealkylation sites (tertiary alicyclic amines) is 1. The first-order chi connectivity index (χ1) is 9.10. The number of piperidine rings is 1. The number of hydrogen-bond acceptors (Lipinski definition) is 2. The zero-order chi connectivity index (χ0) is 13.8. The van der Waals surface area contributed by atoms with Crippen LogP contribution in [0, 0.1) is 12.8 Å². The highest BCUT2D eigenvalue weighted by molar-refractivity contribution is 5.89. The van der Waals surface area contributed by atoms with E-state index in [1.54, 1.807) is 0 Å². The Kier molecular flexibility index (Phi) is 4.43. The number of anilines is 1. The Morgan fingerprint density at radius 1 is 1.53 bits per heavy atom. The lowest BCUT2D eigenvalue weighted by Crippen LogP contribution is -2.50. The number of aryl methyl sites for hydroxylation is 1. The maximum absolute atomic E-state index is 12.2. The molecule has 3 N–H and O–H groups in total. The number of hydrogen-bond donors (Lipinski definition) is 2. The first kappa shape index (κ1) is 13.9. The van der Waals surface area contributed by atoms with E-state index in [0.717, 1.165) is 37.2 Å². The number of nitrogens with one attached hydrogen (secondary N) is 1. The minimum absolute atomic E-state index is 0.0176. The van der Waals surface area contributed by atoms with Gasteiger partial charge >= 0.3 is 6.03 Å². The van der Waals surface area contributed by atoms with Gasteiger partial charge < -0.3 is 16.0 Å². The van der Waals surface area contributed by atoms with Crippen LogP contribution >= 0.6 is 0 Å². The number of urea groups is 1. The Balaban J connectivity index is 1.97. The van der Waals surface area contributed by atoms with Crippen LogP contribution in [0.1, 0.15) is 25.3 Å². The van der Waals surface area contributed by atoms with Gasteiger partial charge in [-0.3, -0.25) is 0 Å². The Morgan fingerprint density at radius 2 is 2.32 bits per heavy atom. The molecule has 4 heteroatoms. The first-order valence-electron chi connectivity index (χ1n) is 6.98. The van der Waals surface area contributed by atoms with E-state index in [4.69, 9.17) is 5.73 Å². The highest BCUT2D eigenvalue weighted by Crippen LogP contribution is 2.19. The van der Waals surface area contributed by atoms with E-state index in [1.165, 1.54) is 0 Å². The van der Waals surface area contributed by atoms with Gasteiger partial charge in [0.25, 0.3) is 0 Å². The molecule has 0 aromatic heterocycles. The van der Waals surface area contributed by atoms with Crippen molar-refractivity contribution < 1.29 is 4.79 Å². The van der Waals surface area contributed by atoms with Gasteiger partial charge in [0.1, 0.15) is 0 Å². The standard InChI is InChI=1S/C15H23N3O/c1-3-12-10-18(8-7-14(12)16)15(19)17-13-6-4-5-11(2)9-13/h4-6,9,12,14H,3,7-8,10,16H2,1-2H3,(H,17,19). The quantitative estimate of drug-likeness (QED) is 0.859. The van der Waals surface area contributed by atoms with Gasteiger partial charge in [-0.05, 0) is 37.0 Å². The summed E-state index contributed by atoms with van der Waals surface area (Å²) < 4.78 is 0. The molecule has 1 aliphatic heterocycles. The normalized spacial score (nSPS) is 23.2.